The van der Waals surface area contributed by atoms with Gasteiger partial charge in [-0.15, -0.1) is 11.3 Å². The normalized spacial score (nSPS) is 10.2. The minimum atomic E-state index is -0.607. The largest absolute Gasteiger partial charge is 0.492 e. The second-order valence-corrected chi connectivity index (χ2v) is 6.56. The molecule has 0 aliphatic rings. The maximum Gasteiger partial charge on any atom is 0.341 e. The van der Waals surface area contributed by atoms with E-state index in [1.54, 1.807) is 32.0 Å². The van der Waals surface area contributed by atoms with Gasteiger partial charge in [0.05, 0.1) is 29.8 Å². The molecule has 0 saturated heterocycles. The van der Waals surface area contributed by atoms with Crippen molar-refractivity contribution < 1.29 is 23.9 Å². The van der Waals surface area contributed by atoms with Crippen LogP contribution in [-0.4, -0.2) is 31.5 Å². The van der Waals surface area contributed by atoms with E-state index in [0.29, 0.717) is 33.5 Å². The zero-order chi connectivity index (χ0) is 20.0. The van der Waals surface area contributed by atoms with Crippen molar-refractivity contribution in [2.75, 3.05) is 24.4 Å². The van der Waals surface area contributed by atoms with Crippen molar-refractivity contribution >= 4 is 39.8 Å². The summed E-state index contributed by atoms with van der Waals surface area (Å²) >= 11 is 1.03. The van der Waals surface area contributed by atoms with Crippen molar-refractivity contribution in [3.05, 3.63) is 40.3 Å². The molecule has 2 N–H and O–H groups in total. The van der Waals surface area contributed by atoms with Gasteiger partial charge in [0.15, 0.2) is 0 Å². The highest BCUT2D eigenvalue weighted by Gasteiger charge is 2.26. The Kier molecular flexibility index (Phi) is 6.95. The van der Waals surface area contributed by atoms with Gasteiger partial charge in [-0.05, 0) is 31.5 Å². The molecule has 0 atom stereocenters. The van der Waals surface area contributed by atoms with Gasteiger partial charge in [0, 0.05) is 6.42 Å². The Morgan fingerprint density at radius 1 is 1.11 bits per heavy atom. The smallest absolute Gasteiger partial charge is 0.341 e. The lowest BCUT2D eigenvalue weighted by Gasteiger charge is -2.11. The van der Waals surface area contributed by atoms with Crippen molar-refractivity contribution in [2.45, 2.75) is 27.2 Å². The van der Waals surface area contributed by atoms with Crippen LogP contribution in [0.3, 0.4) is 0 Å². The van der Waals surface area contributed by atoms with Crippen molar-refractivity contribution in [3.63, 3.8) is 0 Å². The number of carbonyl (C=O) groups is 3. The van der Waals surface area contributed by atoms with Crippen LogP contribution in [0.2, 0.25) is 0 Å². The van der Waals surface area contributed by atoms with Crippen LogP contribution in [-0.2, 0) is 9.53 Å². The van der Waals surface area contributed by atoms with Crippen molar-refractivity contribution in [3.8, 4) is 5.75 Å². The molecule has 0 aliphatic carbocycles. The molecule has 0 spiro atoms. The molecule has 1 aromatic carbocycles. The van der Waals surface area contributed by atoms with Crippen LogP contribution >= 0.6 is 11.3 Å². The number of anilines is 2. The topological polar surface area (TPSA) is 93.7 Å². The standard InChI is InChI=1S/C19H22N2O5S/c1-5-14(22)21-18-15(19(24)25-4)11(3)16(27-18)17(23)20-12-9-7-8-10-13(12)26-6-2/h7-10H,5-6H2,1-4H3,(H,20,23)(H,21,22). The summed E-state index contributed by atoms with van der Waals surface area (Å²) in [4.78, 5) is 37.0. The van der Waals surface area contributed by atoms with Crippen LogP contribution in [0, 0.1) is 6.92 Å². The molecule has 2 amide bonds. The van der Waals surface area contributed by atoms with Gasteiger partial charge in [0.2, 0.25) is 5.91 Å². The highest BCUT2D eigenvalue weighted by Crippen LogP contribution is 2.35. The van der Waals surface area contributed by atoms with E-state index in [9.17, 15) is 14.4 Å². The summed E-state index contributed by atoms with van der Waals surface area (Å²) in [5, 5.41) is 5.76. The van der Waals surface area contributed by atoms with Crippen LogP contribution in [0.15, 0.2) is 24.3 Å². The number of hydrogen-bond donors (Lipinski definition) is 2. The lowest BCUT2D eigenvalue weighted by atomic mass is 10.1. The number of esters is 1. The SMILES string of the molecule is CCOc1ccccc1NC(=O)c1sc(NC(=O)CC)c(C(=O)OC)c1C. The first kappa shape index (κ1) is 20.4. The summed E-state index contributed by atoms with van der Waals surface area (Å²) in [5.74, 6) is -0.707. The summed E-state index contributed by atoms with van der Waals surface area (Å²) in [6.45, 7) is 5.66. The first-order valence-corrected chi connectivity index (χ1v) is 9.29. The van der Waals surface area contributed by atoms with Crippen LogP contribution in [0.25, 0.3) is 0 Å². The monoisotopic (exact) mass is 390 g/mol. The molecular weight excluding hydrogens is 368 g/mol. The molecule has 0 bridgehead atoms. The number of benzene rings is 1. The predicted molar refractivity (Wildman–Crippen MR) is 105 cm³/mol. The second kappa shape index (κ2) is 9.18. The first-order chi connectivity index (χ1) is 12.9. The average molecular weight is 390 g/mol. The van der Waals surface area contributed by atoms with E-state index in [-0.39, 0.29) is 17.9 Å². The minimum Gasteiger partial charge on any atom is -0.492 e. The number of rotatable bonds is 7. The molecular formula is C19H22N2O5S. The Hall–Kier alpha value is -2.87. The van der Waals surface area contributed by atoms with E-state index in [4.69, 9.17) is 9.47 Å². The van der Waals surface area contributed by atoms with Gasteiger partial charge in [-0.25, -0.2) is 4.79 Å². The molecule has 2 rings (SSSR count). The van der Waals surface area contributed by atoms with Crippen molar-refractivity contribution in [1.82, 2.24) is 0 Å². The molecule has 8 heteroatoms. The zero-order valence-corrected chi connectivity index (χ0v) is 16.5. The summed E-state index contributed by atoms with van der Waals surface area (Å²) in [6.07, 6.45) is 0.251. The van der Waals surface area contributed by atoms with Gasteiger partial charge < -0.3 is 20.1 Å². The fraction of sp³-hybridized carbons (Fsp3) is 0.316. The van der Waals surface area contributed by atoms with E-state index < -0.39 is 11.9 Å². The number of methoxy groups -OCH3 is 1. The van der Waals surface area contributed by atoms with Crippen LogP contribution in [0.5, 0.6) is 5.75 Å². The summed E-state index contributed by atoms with van der Waals surface area (Å²) in [7, 11) is 1.25. The highest BCUT2D eigenvalue weighted by atomic mass is 32.1. The maximum atomic E-state index is 12.8. The van der Waals surface area contributed by atoms with E-state index in [1.807, 2.05) is 13.0 Å². The average Bonchev–Trinajstić information content (AvgIpc) is 2.98. The number of amides is 2. The maximum absolute atomic E-state index is 12.8. The van der Waals surface area contributed by atoms with Crippen LogP contribution < -0.4 is 15.4 Å². The summed E-state index contributed by atoms with van der Waals surface area (Å²) in [5.41, 5.74) is 1.16. The highest BCUT2D eigenvalue weighted by molar-refractivity contribution is 7.18. The molecule has 7 nitrogen and oxygen atoms in total. The molecule has 0 fully saturated rings. The lowest BCUT2D eigenvalue weighted by molar-refractivity contribution is -0.115. The lowest BCUT2D eigenvalue weighted by Crippen LogP contribution is -2.14. The van der Waals surface area contributed by atoms with E-state index in [2.05, 4.69) is 10.6 Å². The van der Waals surface area contributed by atoms with E-state index in [0.717, 1.165) is 11.3 Å². The Morgan fingerprint density at radius 2 is 1.81 bits per heavy atom. The number of para-hydroxylation sites is 2. The van der Waals surface area contributed by atoms with Gasteiger partial charge >= 0.3 is 5.97 Å². The van der Waals surface area contributed by atoms with Gasteiger partial charge in [0.25, 0.3) is 5.91 Å². The minimum absolute atomic E-state index is 0.188. The second-order valence-electron chi connectivity index (χ2n) is 5.54. The Morgan fingerprint density at radius 3 is 2.44 bits per heavy atom. The Labute approximate surface area is 161 Å². The van der Waals surface area contributed by atoms with Crippen LogP contribution in [0.1, 0.15) is 45.9 Å². The first-order valence-electron chi connectivity index (χ1n) is 8.47. The third kappa shape index (κ3) is 4.65. The Balaban J connectivity index is 2.39. The fourth-order valence-corrected chi connectivity index (χ4v) is 3.52. The zero-order valence-electron chi connectivity index (χ0n) is 15.7. The molecule has 1 aromatic heterocycles. The molecule has 2 aromatic rings. The van der Waals surface area contributed by atoms with Gasteiger partial charge in [-0.3, -0.25) is 9.59 Å². The summed E-state index contributed by atoms with van der Waals surface area (Å²) in [6, 6.07) is 7.08. The molecule has 1 heterocycles. The van der Waals surface area contributed by atoms with Crippen molar-refractivity contribution in [1.29, 1.82) is 0 Å². The van der Waals surface area contributed by atoms with Gasteiger partial charge in [0.1, 0.15) is 10.8 Å². The summed E-state index contributed by atoms with van der Waals surface area (Å²) < 4.78 is 10.3. The van der Waals surface area contributed by atoms with Crippen LogP contribution in [0.4, 0.5) is 10.7 Å². The van der Waals surface area contributed by atoms with E-state index in [1.165, 1.54) is 7.11 Å². The number of ether oxygens (including phenoxy) is 2. The van der Waals surface area contributed by atoms with E-state index >= 15 is 0 Å². The predicted octanol–water partition coefficient (Wildman–Crippen LogP) is 3.84. The number of carbonyl (C=O) groups excluding carboxylic acids is 3. The number of thiophene rings is 1. The quantitative estimate of drug-likeness (QED) is 0.701. The molecule has 0 radical (unpaired) electrons. The fourth-order valence-electron chi connectivity index (χ4n) is 2.41. The number of nitrogens with one attached hydrogen (secondary N) is 2. The third-order valence-electron chi connectivity index (χ3n) is 3.75. The number of hydrogen-bond acceptors (Lipinski definition) is 6. The van der Waals surface area contributed by atoms with Gasteiger partial charge in [-0.1, -0.05) is 19.1 Å². The molecule has 0 aliphatic heterocycles. The molecule has 0 saturated carbocycles. The molecule has 0 unspecified atom stereocenters. The third-order valence-corrected chi connectivity index (χ3v) is 4.96. The Bertz CT molecular complexity index is 860. The molecule has 27 heavy (non-hydrogen) atoms. The van der Waals surface area contributed by atoms with Crippen molar-refractivity contribution in [2.24, 2.45) is 0 Å². The van der Waals surface area contributed by atoms with Gasteiger partial charge in [-0.2, -0.15) is 0 Å². The molecule has 144 valence electrons.